The molecule has 24 heavy (non-hydrogen) atoms. The maximum Gasteiger partial charge on any atom is 0.168 e. The predicted octanol–water partition coefficient (Wildman–Crippen LogP) is 4.70. The van der Waals surface area contributed by atoms with Crippen molar-refractivity contribution in [3.63, 3.8) is 0 Å². The van der Waals surface area contributed by atoms with Crippen LogP contribution in [0.15, 0.2) is 60.8 Å². The van der Waals surface area contributed by atoms with Crippen molar-refractivity contribution in [2.75, 3.05) is 6.61 Å². The summed E-state index contributed by atoms with van der Waals surface area (Å²) in [6.45, 7) is 1.52. The zero-order valence-electron chi connectivity index (χ0n) is 13.7. The minimum absolute atomic E-state index is 0.255. The Morgan fingerprint density at radius 3 is 2.58 bits per heavy atom. The smallest absolute Gasteiger partial charge is 0.168 e. The first-order chi connectivity index (χ1) is 11.8. The van der Waals surface area contributed by atoms with Crippen molar-refractivity contribution in [2.45, 2.75) is 25.8 Å². The average molecular weight is 319 g/mol. The third kappa shape index (κ3) is 3.07. The summed E-state index contributed by atoms with van der Waals surface area (Å²) >= 11 is 0. The minimum Gasteiger partial charge on any atom is -0.494 e. The van der Waals surface area contributed by atoms with E-state index in [0.29, 0.717) is 12.4 Å². The molecule has 0 saturated heterocycles. The molecule has 4 rings (SSSR count). The molecule has 1 heterocycles. The standard InChI is InChI=1S/C21H21NO2/c23-21(16-11-12-16)19-15-22(20-10-5-4-9-18(19)20)13-6-14-24-17-7-2-1-3-8-17/h1-5,7-10,15-16H,6,11-14H2. The van der Waals surface area contributed by atoms with Crippen molar-refractivity contribution in [3.05, 3.63) is 66.4 Å². The number of carbonyl (C=O) groups is 1. The summed E-state index contributed by atoms with van der Waals surface area (Å²) in [6, 6.07) is 18.1. The fraction of sp³-hybridized carbons (Fsp3) is 0.286. The van der Waals surface area contributed by atoms with E-state index in [4.69, 9.17) is 4.74 Å². The molecule has 0 radical (unpaired) electrons. The van der Waals surface area contributed by atoms with Crippen LogP contribution in [0.3, 0.4) is 0 Å². The van der Waals surface area contributed by atoms with Gasteiger partial charge in [0.2, 0.25) is 0 Å². The van der Waals surface area contributed by atoms with Gasteiger partial charge in [-0.15, -0.1) is 0 Å². The number of rotatable bonds is 7. The second-order valence-electron chi connectivity index (χ2n) is 6.41. The summed E-state index contributed by atoms with van der Waals surface area (Å²) in [5.41, 5.74) is 2.03. The number of Topliss-reactive ketones (excluding diaryl/α,β-unsaturated/α-hetero) is 1. The molecule has 0 N–H and O–H groups in total. The van der Waals surface area contributed by atoms with E-state index in [-0.39, 0.29) is 5.92 Å². The molecule has 1 fully saturated rings. The second-order valence-corrected chi connectivity index (χ2v) is 6.41. The van der Waals surface area contributed by atoms with Crippen LogP contribution in [-0.2, 0) is 6.54 Å². The van der Waals surface area contributed by atoms with Gasteiger partial charge in [0.15, 0.2) is 5.78 Å². The lowest BCUT2D eigenvalue weighted by Gasteiger charge is -2.07. The molecule has 1 aliphatic carbocycles. The molecular weight excluding hydrogens is 298 g/mol. The van der Waals surface area contributed by atoms with Gasteiger partial charge in [0.1, 0.15) is 5.75 Å². The second kappa shape index (κ2) is 6.52. The van der Waals surface area contributed by atoms with E-state index in [2.05, 4.69) is 16.7 Å². The average Bonchev–Trinajstić information content (AvgIpc) is 3.41. The van der Waals surface area contributed by atoms with Crippen LogP contribution in [0.1, 0.15) is 29.6 Å². The van der Waals surface area contributed by atoms with Crippen molar-refractivity contribution < 1.29 is 9.53 Å². The molecule has 122 valence electrons. The molecule has 2 aromatic carbocycles. The van der Waals surface area contributed by atoms with Crippen molar-refractivity contribution in [2.24, 2.45) is 5.92 Å². The number of hydrogen-bond acceptors (Lipinski definition) is 2. The minimum atomic E-state index is 0.255. The molecule has 0 amide bonds. The van der Waals surface area contributed by atoms with Gasteiger partial charge < -0.3 is 9.30 Å². The highest BCUT2D eigenvalue weighted by Crippen LogP contribution is 2.35. The molecule has 0 spiro atoms. The zero-order chi connectivity index (χ0) is 16.4. The number of para-hydroxylation sites is 2. The first-order valence-corrected chi connectivity index (χ1v) is 8.63. The van der Waals surface area contributed by atoms with Crippen molar-refractivity contribution in [1.82, 2.24) is 4.57 Å². The van der Waals surface area contributed by atoms with Gasteiger partial charge >= 0.3 is 0 Å². The summed E-state index contributed by atoms with van der Waals surface area (Å²) < 4.78 is 7.96. The lowest BCUT2D eigenvalue weighted by molar-refractivity contribution is 0.0969. The molecule has 0 bridgehead atoms. The molecule has 3 aromatic rings. The Hall–Kier alpha value is -2.55. The molecule has 1 saturated carbocycles. The Morgan fingerprint density at radius 2 is 1.79 bits per heavy atom. The predicted molar refractivity (Wildman–Crippen MR) is 95.5 cm³/mol. The number of ether oxygens (including phenoxy) is 1. The first kappa shape index (κ1) is 15.0. The van der Waals surface area contributed by atoms with Crippen LogP contribution in [0.4, 0.5) is 0 Å². The Labute approximate surface area is 141 Å². The van der Waals surface area contributed by atoms with Crippen LogP contribution in [-0.4, -0.2) is 17.0 Å². The van der Waals surface area contributed by atoms with E-state index < -0.39 is 0 Å². The van der Waals surface area contributed by atoms with Gasteiger partial charge in [-0.2, -0.15) is 0 Å². The Balaban J connectivity index is 1.46. The van der Waals surface area contributed by atoms with Crippen LogP contribution in [0, 0.1) is 5.92 Å². The fourth-order valence-electron chi connectivity index (χ4n) is 3.14. The topological polar surface area (TPSA) is 31.2 Å². The monoisotopic (exact) mass is 319 g/mol. The van der Waals surface area contributed by atoms with Crippen molar-refractivity contribution >= 4 is 16.7 Å². The fourth-order valence-corrected chi connectivity index (χ4v) is 3.14. The number of aryl methyl sites for hydroxylation is 1. The maximum atomic E-state index is 12.5. The zero-order valence-corrected chi connectivity index (χ0v) is 13.7. The highest BCUT2D eigenvalue weighted by Gasteiger charge is 2.32. The normalized spacial score (nSPS) is 14.0. The summed E-state index contributed by atoms with van der Waals surface area (Å²) in [4.78, 5) is 12.5. The first-order valence-electron chi connectivity index (χ1n) is 8.63. The lowest BCUT2D eigenvalue weighted by Crippen LogP contribution is -2.04. The Kier molecular flexibility index (Phi) is 4.08. The SMILES string of the molecule is O=C(c1cn(CCCOc2ccccc2)c2ccccc12)C1CC1. The van der Waals surface area contributed by atoms with E-state index in [1.54, 1.807) is 0 Å². The third-order valence-electron chi connectivity index (χ3n) is 4.56. The number of hydrogen-bond donors (Lipinski definition) is 0. The lowest BCUT2D eigenvalue weighted by atomic mass is 10.1. The van der Waals surface area contributed by atoms with Crippen LogP contribution < -0.4 is 4.74 Å². The largest absolute Gasteiger partial charge is 0.494 e. The van der Waals surface area contributed by atoms with E-state index in [1.165, 1.54) is 0 Å². The van der Waals surface area contributed by atoms with Gasteiger partial charge in [-0.25, -0.2) is 0 Å². The van der Waals surface area contributed by atoms with E-state index in [1.807, 2.05) is 48.7 Å². The molecular formula is C21H21NO2. The van der Waals surface area contributed by atoms with Crippen LogP contribution >= 0.6 is 0 Å². The molecule has 3 nitrogen and oxygen atoms in total. The van der Waals surface area contributed by atoms with E-state index in [9.17, 15) is 4.79 Å². The van der Waals surface area contributed by atoms with Gasteiger partial charge in [-0.3, -0.25) is 4.79 Å². The third-order valence-corrected chi connectivity index (χ3v) is 4.56. The van der Waals surface area contributed by atoms with Crippen molar-refractivity contribution in [1.29, 1.82) is 0 Å². The van der Waals surface area contributed by atoms with Crippen molar-refractivity contribution in [3.8, 4) is 5.75 Å². The van der Waals surface area contributed by atoms with Gasteiger partial charge in [0.25, 0.3) is 0 Å². The quantitative estimate of drug-likeness (QED) is 0.467. The summed E-state index contributed by atoms with van der Waals surface area (Å²) in [6.07, 6.45) is 5.03. The van der Waals surface area contributed by atoms with Gasteiger partial charge in [-0.1, -0.05) is 36.4 Å². The molecule has 3 heteroatoms. The highest BCUT2D eigenvalue weighted by molar-refractivity contribution is 6.09. The number of aromatic nitrogens is 1. The van der Waals surface area contributed by atoms with Gasteiger partial charge in [-0.05, 0) is 37.5 Å². The number of benzene rings is 2. The van der Waals surface area contributed by atoms with E-state index in [0.717, 1.165) is 48.0 Å². The van der Waals surface area contributed by atoms with E-state index >= 15 is 0 Å². The number of carbonyl (C=O) groups excluding carboxylic acids is 1. The molecule has 0 aliphatic heterocycles. The summed E-state index contributed by atoms with van der Waals surface area (Å²) in [5.74, 6) is 1.47. The summed E-state index contributed by atoms with van der Waals surface area (Å²) in [5, 5.41) is 1.08. The molecule has 1 aromatic heterocycles. The summed E-state index contributed by atoms with van der Waals surface area (Å²) in [7, 11) is 0. The number of nitrogens with zero attached hydrogens (tertiary/aromatic N) is 1. The molecule has 1 aliphatic rings. The Bertz CT molecular complexity index is 847. The Morgan fingerprint density at radius 1 is 1.04 bits per heavy atom. The maximum absolute atomic E-state index is 12.5. The number of fused-ring (bicyclic) bond motifs is 1. The van der Waals surface area contributed by atoms with Crippen LogP contribution in [0.25, 0.3) is 10.9 Å². The highest BCUT2D eigenvalue weighted by atomic mass is 16.5. The van der Waals surface area contributed by atoms with Crippen LogP contribution in [0.2, 0.25) is 0 Å². The molecule has 0 unspecified atom stereocenters. The molecule has 0 atom stereocenters. The van der Waals surface area contributed by atoms with Crippen LogP contribution in [0.5, 0.6) is 5.75 Å². The number of ketones is 1. The van der Waals surface area contributed by atoms with Gasteiger partial charge in [0, 0.05) is 35.1 Å². The van der Waals surface area contributed by atoms with Gasteiger partial charge in [0.05, 0.1) is 6.61 Å².